The molecule has 0 heterocycles. The number of nitrogens with two attached hydrogens (primary N) is 1. The van der Waals surface area contributed by atoms with Crippen LogP contribution in [0.3, 0.4) is 0 Å². The molecular weight excluding hydrogens is 298 g/mol. The average molecular weight is 312 g/mol. The van der Waals surface area contributed by atoms with Gasteiger partial charge in [0.05, 0.1) is 17.8 Å². The number of sulfone groups is 1. The zero-order chi connectivity index (χ0) is 14.8. The second-order valence-electron chi connectivity index (χ2n) is 4.33. The van der Waals surface area contributed by atoms with Gasteiger partial charge in [-0.3, -0.25) is 0 Å². The summed E-state index contributed by atoms with van der Waals surface area (Å²) >= 11 is 5.75. The first kappa shape index (κ1) is 14.7. The summed E-state index contributed by atoms with van der Waals surface area (Å²) in [5.41, 5.74) is 6.76. The summed E-state index contributed by atoms with van der Waals surface area (Å²) in [6.45, 7) is 0. The maximum absolute atomic E-state index is 12.3. The summed E-state index contributed by atoms with van der Waals surface area (Å²) in [5, 5.41) is 0.495. The molecule has 0 aliphatic rings. The highest BCUT2D eigenvalue weighted by Gasteiger charge is 2.16. The Morgan fingerprint density at radius 2 is 1.80 bits per heavy atom. The van der Waals surface area contributed by atoms with Crippen LogP contribution in [0.15, 0.2) is 47.4 Å². The minimum absolute atomic E-state index is 0.143. The molecule has 0 spiro atoms. The monoisotopic (exact) mass is 311 g/mol. The van der Waals surface area contributed by atoms with E-state index in [2.05, 4.69) is 0 Å². The molecule has 0 fully saturated rings. The van der Waals surface area contributed by atoms with Crippen LogP contribution in [0.2, 0.25) is 5.02 Å². The Kier molecular flexibility index (Phi) is 4.20. The number of benzene rings is 2. The molecule has 0 aliphatic carbocycles. The topological polar surface area (TPSA) is 69.4 Å². The highest BCUT2D eigenvalue weighted by atomic mass is 35.5. The van der Waals surface area contributed by atoms with Gasteiger partial charge in [-0.1, -0.05) is 11.6 Å². The lowest BCUT2D eigenvalue weighted by Gasteiger charge is -2.08. The van der Waals surface area contributed by atoms with Gasteiger partial charge in [0.15, 0.2) is 9.84 Å². The molecule has 0 amide bonds. The van der Waals surface area contributed by atoms with Crippen LogP contribution < -0.4 is 10.5 Å². The largest absolute Gasteiger partial charge is 0.497 e. The minimum atomic E-state index is -3.44. The second kappa shape index (κ2) is 5.73. The van der Waals surface area contributed by atoms with E-state index in [9.17, 15) is 8.42 Å². The van der Waals surface area contributed by atoms with Gasteiger partial charge in [0, 0.05) is 16.8 Å². The number of methoxy groups -OCH3 is 1. The molecule has 0 radical (unpaired) electrons. The molecule has 0 bridgehead atoms. The Labute approximate surface area is 123 Å². The lowest BCUT2D eigenvalue weighted by atomic mass is 10.2. The molecule has 2 aromatic rings. The number of hydrogen-bond donors (Lipinski definition) is 1. The van der Waals surface area contributed by atoms with Gasteiger partial charge in [-0.25, -0.2) is 8.42 Å². The van der Waals surface area contributed by atoms with E-state index in [1.54, 1.807) is 30.3 Å². The molecule has 4 nitrogen and oxygen atoms in total. The fraction of sp³-hybridized carbons (Fsp3) is 0.143. The summed E-state index contributed by atoms with van der Waals surface area (Å²) in [5.74, 6) is 0.391. The second-order valence-corrected chi connectivity index (χ2v) is 6.75. The van der Waals surface area contributed by atoms with Crippen LogP contribution in [-0.2, 0) is 15.6 Å². The first-order valence-electron chi connectivity index (χ1n) is 5.82. The van der Waals surface area contributed by atoms with E-state index in [0.717, 1.165) is 0 Å². The summed E-state index contributed by atoms with van der Waals surface area (Å²) in [4.78, 5) is 0.225. The SMILES string of the molecule is COc1cc(N)cc(CS(=O)(=O)c2ccc(Cl)cc2)c1. The van der Waals surface area contributed by atoms with E-state index in [4.69, 9.17) is 22.1 Å². The molecule has 0 aliphatic heterocycles. The predicted molar refractivity (Wildman–Crippen MR) is 79.7 cm³/mol. The van der Waals surface area contributed by atoms with Gasteiger partial charge >= 0.3 is 0 Å². The van der Waals surface area contributed by atoms with Gasteiger partial charge in [0.25, 0.3) is 0 Å². The predicted octanol–water partition coefficient (Wildman–Crippen LogP) is 2.90. The number of anilines is 1. The Balaban J connectivity index is 2.33. The Morgan fingerprint density at radius 3 is 2.40 bits per heavy atom. The van der Waals surface area contributed by atoms with Crippen molar-refractivity contribution in [2.45, 2.75) is 10.6 Å². The van der Waals surface area contributed by atoms with Gasteiger partial charge in [-0.15, -0.1) is 0 Å². The van der Waals surface area contributed by atoms with E-state index in [0.29, 0.717) is 22.0 Å². The van der Waals surface area contributed by atoms with Crippen LogP contribution in [0.5, 0.6) is 5.75 Å². The molecule has 0 atom stereocenters. The Morgan fingerprint density at radius 1 is 1.15 bits per heavy atom. The van der Waals surface area contributed by atoms with Crippen LogP contribution in [-0.4, -0.2) is 15.5 Å². The molecule has 2 aromatic carbocycles. The molecule has 20 heavy (non-hydrogen) atoms. The highest BCUT2D eigenvalue weighted by molar-refractivity contribution is 7.90. The lowest BCUT2D eigenvalue weighted by Crippen LogP contribution is -2.05. The van der Waals surface area contributed by atoms with Crippen molar-refractivity contribution in [2.24, 2.45) is 0 Å². The quantitative estimate of drug-likeness (QED) is 0.881. The third-order valence-corrected chi connectivity index (χ3v) is 4.71. The van der Waals surface area contributed by atoms with E-state index < -0.39 is 9.84 Å². The van der Waals surface area contributed by atoms with E-state index >= 15 is 0 Å². The van der Waals surface area contributed by atoms with Crippen molar-refractivity contribution >= 4 is 27.1 Å². The van der Waals surface area contributed by atoms with Gasteiger partial charge < -0.3 is 10.5 Å². The van der Waals surface area contributed by atoms with E-state index in [1.165, 1.54) is 19.2 Å². The highest BCUT2D eigenvalue weighted by Crippen LogP contribution is 2.23. The zero-order valence-electron chi connectivity index (χ0n) is 10.8. The van der Waals surface area contributed by atoms with Crippen LogP contribution in [0.4, 0.5) is 5.69 Å². The van der Waals surface area contributed by atoms with Crippen molar-refractivity contribution in [3.05, 3.63) is 53.1 Å². The average Bonchev–Trinajstić information content (AvgIpc) is 2.37. The van der Waals surface area contributed by atoms with Crippen LogP contribution in [0.1, 0.15) is 5.56 Å². The third-order valence-electron chi connectivity index (χ3n) is 2.75. The summed E-state index contributed by atoms with van der Waals surface area (Å²) < 4.78 is 29.7. The summed E-state index contributed by atoms with van der Waals surface area (Å²) in [7, 11) is -1.94. The van der Waals surface area contributed by atoms with Crippen molar-refractivity contribution in [3.8, 4) is 5.75 Å². The van der Waals surface area contributed by atoms with Crippen molar-refractivity contribution in [1.82, 2.24) is 0 Å². The van der Waals surface area contributed by atoms with Crippen molar-refractivity contribution in [3.63, 3.8) is 0 Å². The summed E-state index contributed by atoms with van der Waals surface area (Å²) in [6.07, 6.45) is 0. The molecule has 6 heteroatoms. The maximum atomic E-state index is 12.3. The zero-order valence-corrected chi connectivity index (χ0v) is 12.4. The maximum Gasteiger partial charge on any atom is 0.182 e. The molecule has 0 saturated heterocycles. The number of rotatable bonds is 4. The van der Waals surface area contributed by atoms with Crippen molar-refractivity contribution < 1.29 is 13.2 Å². The van der Waals surface area contributed by atoms with Crippen LogP contribution in [0.25, 0.3) is 0 Å². The minimum Gasteiger partial charge on any atom is -0.497 e. The fourth-order valence-electron chi connectivity index (χ4n) is 1.83. The van der Waals surface area contributed by atoms with Gasteiger partial charge in [-0.05, 0) is 42.0 Å². The standard InChI is InChI=1S/C14H14ClNO3S/c1-19-13-7-10(6-12(16)8-13)9-20(17,18)14-4-2-11(15)3-5-14/h2-8H,9,16H2,1H3. The van der Waals surface area contributed by atoms with Crippen molar-refractivity contribution in [2.75, 3.05) is 12.8 Å². The third kappa shape index (κ3) is 3.43. The molecule has 2 rings (SSSR count). The normalized spacial score (nSPS) is 11.3. The first-order valence-corrected chi connectivity index (χ1v) is 7.85. The number of nitrogen functional groups attached to an aromatic ring is 1. The van der Waals surface area contributed by atoms with Crippen LogP contribution >= 0.6 is 11.6 Å². The molecule has 106 valence electrons. The van der Waals surface area contributed by atoms with E-state index in [1.807, 2.05) is 0 Å². The first-order chi connectivity index (χ1) is 9.40. The number of ether oxygens (including phenoxy) is 1. The molecular formula is C14H14ClNO3S. The number of halogens is 1. The number of hydrogen-bond acceptors (Lipinski definition) is 4. The molecule has 2 N–H and O–H groups in total. The summed E-state index contributed by atoms with van der Waals surface area (Å²) in [6, 6.07) is 11.0. The lowest BCUT2D eigenvalue weighted by molar-refractivity contribution is 0.414. The van der Waals surface area contributed by atoms with E-state index in [-0.39, 0.29) is 10.6 Å². The van der Waals surface area contributed by atoms with Crippen molar-refractivity contribution in [1.29, 1.82) is 0 Å². The van der Waals surface area contributed by atoms with Gasteiger partial charge in [0.2, 0.25) is 0 Å². The molecule has 0 saturated carbocycles. The molecule has 0 aromatic heterocycles. The van der Waals surface area contributed by atoms with Crippen LogP contribution in [0, 0.1) is 0 Å². The Hall–Kier alpha value is -1.72. The molecule has 0 unspecified atom stereocenters. The fourth-order valence-corrected chi connectivity index (χ4v) is 3.28. The Bertz CT molecular complexity index is 712. The van der Waals surface area contributed by atoms with Gasteiger partial charge in [0.1, 0.15) is 5.75 Å². The van der Waals surface area contributed by atoms with Gasteiger partial charge in [-0.2, -0.15) is 0 Å². The smallest absolute Gasteiger partial charge is 0.182 e.